The molecule has 0 heterocycles. The summed E-state index contributed by atoms with van der Waals surface area (Å²) in [7, 11) is 0. The molecule has 0 aromatic heterocycles. The first-order chi connectivity index (χ1) is 9.20. The number of hydrogen-bond donors (Lipinski definition) is 0. The predicted molar refractivity (Wildman–Crippen MR) is 83.0 cm³/mol. The van der Waals surface area contributed by atoms with E-state index in [2.05, 4.69) is 25.1 Å². The van der Waals surface area contributed by atoms with E-state index in [0.717, 1.165) is 17.5 Å². The Balaban J connectivity index is 2.07. The molecule has 96 valence electrons. The molecule has 1 nitrogen and oxygen atoms in total. The van der Waals surface area contributed by atoms with Crippen molar-refractivity contribution in [3.8, 4) is 0 Å². The molecular weight excluding hydrogens is 252 g/mol. The van der Waals surface area contributed by atoms with Crippen LogP contribution in [0.1, 0.15) is 33.5 Å². The Hall–Kier alpha value is -1.80. The zero-order chi connectivity index (χ0) is 13.7. The van der Waals surface area contributed by atoms with E-state index in [-0.39, 0.29) is 5.78 Å². The summed E-state index contributed by atoms with van der Waals surface area (Å²) in [5.41, 5.74) is 3.99. The molecule has 0 saturated heterocycles. The second-order valence-electron chi connectivity index (χ2n) is 4.62. The van der Waals surface area contributed by atoms with Gasteiger partial charge in [-0.1, -0.05) is 66.3 Å². The molecule has 0 aliphatic heterocycles. The van der Waals surface area contributed by atoms with E-state index in [1.165, 1.54) is 11.1 Å². The zero-order valence-corrected chi connectivity index (χ0v) is 11.7. The molecule has 0 spiro atoms. The van der Waals surface area contributed by atoms with Gasteiger partial charge in [-0.15, -0.1) is 0 Å². The van der Waals surface area contributed by atoms with Gasteiger partial charge >= 0.3 is 0 Å². The Morgan fingerprint density at radius 1 is 1.16 bits per heavy atom. The normalized spacial score (nSPS) is 10.2. The third kappa shape index (κ3) is 3.58. The molecule has 2 heteroatoms. The summed E-state index contributed by atoms with van der Waals surface area (Å²) in [5, 5.41) is 1.57. The molecule has 0 fully saturated rings. The SMILES string of the molecule is Cc1cccc(CCC(=O)c2ccccc2C=S)c1. The third-order valence-corrected chi connectivity index (χ3v) is 3.37. The molecule has 0 unspecified atom stereocenters. The summed E-state index contributed by atoms with van der Waals surface area (Å²) in [5.74, 6) is 0.151. The summed E-state index contributed by atoms with van der Waals surface area (Å²) < 4.78 is 0. The summed E-state index contributed by atoms with van der Waals surface area (Å²) in [6, 6.07) is 15.8. The van der Waals surface area contributed by atoms with Gasteiger partial charge in [-0.25, -0.2) is 0 Å². The molecule has 0 atom stereocenters. The Morgan fingerprint density at radius 3 is 2.68 bits per heavy atom. The average Bonchev–Trinajstić information content (AvgIpc) is 2.45. The number of carbonyl (C=O) groups is 1. The minimum Gasteiger partial charge on any atom is -0.294 e. The Bertz CT molecular complexity index is 602. The van der Waals surface area contributed by atoms with Crippen molar-refractivity contribution in [3.63, 3.8) is 0 Å². The molecule has 2 aromatic rings. The van der Waals surface area contributed by atoms with Crippen LogP contribution in [0.5, 0.6) is 0 Å². The molecule has 0 radical (unpaired) electrons. The van der Waals surface area contributed by atoms with Crippen molar-refractivity contribution in [3.05, 3.63) is 70.8 Å². The van der Waals surface area contributed by atoms with Crippen LogP contribution in [-0.4, -0.2) is 11.2 Å². The second kappa shape index (κ2) is 6.39. The van der Waals surface area contributed by atoms with Crippen molar-refractivity contribution in [1.29, 1.82) is 0 Å². The van der Waals surface area contributed by atoms with Crippen molar-refractivity contribution in [1.82, 2.24) is 0 Å². The second-order valence-corrected chi connectivity index (χ2v) is 4.85. The Morgan fingerprint density at radius 2 is 1.95 bits per heavy atom. The summed E-state index contributed by atoms with van der Waals surface area (Å²) in [6.07, 6.45) is 1.29. The highest BCUT2D eigenvalue weighted by molar-refractivity contribution is 7.79. The molecule has 2 aromatic carbocycles. The minimum atomic E-state index is 0.151. The smallest absolute Gasteiger partial charge is 0.163 e. The van der Waals surface area contributed by atoms with Gasteiger partial charge < -0.3 is 0 Å². The highest BCUT2D eigenvalue weighted by Crippen LogP contribution is 2.13. The van der Waals surface area contributed by atoms with E-state index < -0.39 is 0 Å². The van der Waals surface area contributed by atoms with Crippen LogP contribution in [0, 0.1) is 6.92 Å². The first kappa shape index (κ1) is 13.6. The fourth-order valence-electron chi connectivity index (χ4n) is 2.11. The maximum Gasteiger partial charge on any atom is 0.163 e. The summed E-state index contributed by atoms with van der Waals surface area (Å²) >= 11 is 4.94. The van der Waals surface area contributed by atoms with Gasteiger partial charge in [-0.05, 0) is 24.5 Å². The van der Waals surface area contributed by atoms with E-state index in [1.54, 1.807) is 5.37 Å². The fraction of sp³-hybridized carbons (Fsp3) is 0.176. The maximum atomic E-state index is 12.2. The van der Waals surface area contributed by atoms with Crippen LogP contribution >= 0.6 is 12.2 Å². The molecule has 0 bridgehead atoms. The van der Waals surface area contributed by atoms with Gasteiger partial charge in [-0.2, -0.15) is 0 Å². The van der Waals surface area contributed by atoms with Crippen LogP contribution in [-0.2, 0) is 6.42 Å². The molecule has 2 rings (SSSR count). The van der Waals surface area contributed by atoms with Crippen LogP contribution in [0.25, 0.3) is 0 Å². The summed E-state index contributed by atoms with van der Waals surface area (Å²) in [6.45, 7) is 2.06. The number of rotatable bonds is 5. The quantitative estimate of drug-likeness (QED) is 0.598. The fourth-order valence-corrected chi connectivity index (χ4v) is 2.32. The topological polar surface area (TPSA) is 17.1 Å². The lowest BCUT2D eigenvalue weighted by Gasteiger charge is -2.05. The van der Waals surface area contributed by atoms with Gasteiger partial charge in [0.2, 0.25) is 0 Å². The van der Waals surface area contributed by atoms with E-state index >= 15 is 0 Å². The van der Waals surface area contributed by atoms with Crippen molar-refractivity contribution in [2.45, 2.75) is 19.8 Å². The molecule has 0 N–H and O–H groups in total. The number of thiocarbonyl (C=S) groups is 1. The molecule has 0 aliphatic carbocycles. The molecule has 19 heavy (non-hydrogen) atoms. The largest absolute Gasteiger partial charge is 0.294 e. The average molecular weight is 268 g/mol. The predicted octanol–water partition coefficient (Wildman–Crippen LogP) is 4.16. The van der Waals surface area contributed by atoms with Crippen LogP contribution in [0.3, 0.4) is 0 Å². The zero-order valence-electron chi connectivity index (χ0n) is 10.9. The van der Waals surface area contributed by atoms with E-state index in [4.69, 9.17) is 12.2 Å². The summed E-state index contributed by atoms with van der Waals surface area (Å²) in [4.78, 5) is 12.2. The number of ketones is 1. The lowest BCUT2D eigenvalue weighted by Crippen LogP contribution is -2.04. The van der Waals surface area contributed by atoms with Gasteiger partial charge in [0.05, 0.1) is 0 Å². The van der Waals surface area contributed by atoms with Crippen molar-refractivity contribution < 1.29 is 4.79 Å². The van der Waals surface area contributed by atoms with Crippen LogP contribution in [0.15, 0.2) is 48.5 Å². The Labute approximate surface area is 119 Å². The number of benzene rings is 2. The van der Waals surface area contributed by atoms with Gasteiger partial charge in [0.1, 0.15) is 0 Å². The highest BCUT2D eigenvalue weighted by Gasteiger charge is 2.09. The van der Waals surface area contributed by atoms with Gasteiger partial charge in [0.15, 0.2) is 5.78 Å². The van der Waals surface area contributed by atoms with E-state index in [1.807, 2.05) is 30.3 Å². The van der Waals surface area contributed by atoms with E-state index in [9.17, 15) is 4.79 Å². The van der Waals surface area contributed by atoms with Crippen molar-refractivity contribution in [2.24, 2.45) is 0 Å². The molecule has 0 amide bonds. The van der Waals surface area contributed by atoms with Gasteiger partial charge in [-0.3, -0.25) is 4.79 Å². The molecule has 0 saturated carbocycles. The van der Waals surface area contributed by atoms with Crippen LogP contribution < -0.4 is 0 Å². The number of carbonyl (C=O) groups excluding carboxylic acids is 1. The lowest BCUT2D eigenvalue weighted by atomic mass is 9.99. The standard InChI is InChI=1S/C17H16OS/c1-13-5-4-6-14(11-13)9-10-17(18)16-8-3-2-7-15(16)12-19/h2-8,11-12H,9-10H2,1H3. The maximum absolute atomic E-state index is 12.2. The minimum absolute atomic E-state index is 0.151. The van der Waals surface area contributed by atoms with E-state index in [0.29, 0.717) is 6.42 Å². The van der Waals surface area contributed by atoms with Gasteiger partial charge in [0.25, 0.3) is 0 Å². The number of hydrogen-bond acceptors (Lipinski definition) is 2. The Kier molecular flexibility index (Phi) is 4.58. The third-order valence-electron chi connectivity index (χ3n) is 3.11. The highest BCUT2D eigenvalue weighted by atomic mass is 32.1. The van der Waals surface area contributed by atoms with Crippen LogP contribution in [0.4, 0.5) is 0 Å². The number of Topliss-reactive ketones (excluding diaryl/α,β-unsaturated/α-hetero) is 1. The first-order valence-electron chi connectivity index (χ1n) is 6.33. The first-order valence-corrected chi connectivity index (χ1v) is 6.81. The van der Waals surface area contributed by atoms with Crippen molar-refractivity contribution >= 4 is 23.4 Å². The van der Waals surface area contributed by atoms with Crippen molar-refractivity contribution in [2.75, 3.05) is 0 Å². The van der Waals surface area contributed by atoms with Crippen LogP contribution in [0.2, 0.25) is 0 Å². The lowest BCUT2D eigenvalue weighted by molar-refractivity contribution is 0.0983. The monoisotopic (exact) mass is 268 g/mol. The van der Waals surface area contributed by atoms with Gasteiger partial charge in [0, 0.05) is 17.4 Å². The number of aryl methyl sites for hydroxylation is 2. The molecule has 0 aliphatic rings. The molecular formula is C17H16OS.